The van der Waals surface area contributed by atoms with Crippen molar-refractivity contribution in [1.82, 2.24) is 4.57 Å². The van der Waals surface area contributed by atoms with Crippen LogP contribution >= 0.6 is 7.92 Å². The van der Waals surface area contributed by atoms with E-state index in [0.717, 1.165) is 0 Å². The van der Waals surface area contributed by atoms with Gasteiger partial charge < -0.3 is 28.5 Å². The van der Waals surface area contributed by atoms with Gasteiger partial charge in [0, 0.05) is 11.1 Å². The quantitative estimate of drug-likeness (QED) is 0.212. The van der Waals surface area contributed by atoms with Gasteiger partial charge in [-0.05, 0) is 60.9 Å². The van der Waals surface area contributed by atoms with Crippen molar-refractivity contribution in [2.75, 3.05) is 0 Å². The van der Waals surface area contributed by atoms with Gasteiger partial charge in [-0.3, -0.25) is 0 Å². The number of benzene rings is 4. The number of fused-ring (bicyclic) bond motifs is 3. The van der Waals surface area contributed by atoms with Crippen LogP contribution in [0, 0.1) is 0 Å². The maximum absolute atomic E-state index is 2.43. The molecule has 1 aliphatic heterocycles. The van der Waals surface area contributed by atoms with Crippen molar-refractivity contribution in [3.8, 4) is 0 Å². The van der Waals surface area contributed by atoms with Crippen LogP contribution in [0.1, 0.15) is 31.0 Å². The highest BCUT2D eigenvalue weighted by molar-refractivity contribution is 7.79. The van der Waals surface area contributed by atoms with Gasteiger partial charge in [0.2, 0.25) is 0 Å². The molecule has 0 spiro atoms. The number of para-hydroxylation sites is 1. The lowest BCUT2D eigenvalue weighted by Crippen LogP contribution is -3.00. The molecular weight excluding hydrogens is 544 g/mol. The SMILES string of the molecule is CCCCc1cccc2cc3n(c12)C3.[I-].c1ccc([PH+](c2ccccc2)c2ccccc2)cc1. The second-order valence-corrected chi connectivity index (χ2v) is 11.1. The van der Waals surface area contributed by atoms with Crippen molar-refractivity contribution in [1.29, 1.82) is 0 Å². The van der Waals surface area contributed by atoms with Gasteiger partial charge >= 0.3 is 0 Å². The molecule has 0 saturated heterocycles. The maximum Gasteiger partial charge on any atom is 0.102 e. The number of hydrogen-bond acceptors (Lipinski definition) is 0. The van der Waals surface area contributed by atoms with Crippen LogP contribution in [0.2, 0.25) is 0 Å². The monoisotopic (exact) mass is 575 g/mol. The molecule has 5 aromatic rings. The van der Waals surface area contributed by atoms with Gasteiger partial charge in [0.25, 0.3) is 0 Å². The highest BCUT2D eigenvalue weighted by Gasteiger charge is 2.24. The third kappa shape index (κ3) is 5.62. The van der Waals surface area contributed by atoms with Crippen LogP contribution in [0.25, 0.3) is 10.9 Å². The lowest BCUT2D eigenvalue weighted by Gasteiger charge is -2.10. The van der Waals surface area contributed by atoms with Crippen molar-refractivity contribution in [2.45, 2.75) is 32.7 Å². The number of aryl methyl sites for hydroxylation is 1. The molecule has 0 unspecified atom stereocenters. The van der Waals surface area contributed by atoms with Crippen molar-refractivity contribution in [2.24, 2.45) is 0 Å². The lowest BCUT2D eigenvalue weighted by atomic mass is 10.1. The summed E-state index contributed by atoms with van der Waals surface area (Å²) in [4.78, 5) is 0. The van der Waals surface area contributed by atoms with Crippen LogP contribution < -0.4 is 39.9 Å². The highest BCUT2D eigenvalue weighted by Crippen LogP contribution is 2.33. The van der Waals surface area contributed by atoms with Gasteiger partial charge in [0.05, 0.1) is 20.0 Å². The van der Waals surface area contributed by atoms with Crippen LogP contribution in [0.3, 0.4) is 0 Å². The lowest BCUT2D eigenvalue weighted by molar-refractivity contribution is -0.00000641. The fourth-order valence-electron chi connectivity index (χ4n) is 4.59. The summed E-state index contributed by atoms with van der Waals surface area (Å²) < 4.78 is 2.43. The predicted molar refractivity (Wildman–Crippen MR) is 146 cm³/mol. The smallest absolute Gasteiger partial charge is 0.102 e. The molecule has 0 amide bonds. The van der Waals surface area contributed by atoms with Gasteiger partial charge in [-0.1, -0.05) is 86.1 Å². The molecule has 4 aromatic carbocycles. The average Bonchev–Trinajstić information content (AvgIpc) is 3.55. The Morgan fingerprint density at radius 1 is 0.676 bits per heavy atom. The van der Waals surface area contributed by atoms with E-state index in [1.54, 1.807) is 0 Å². The average molecular weight is 575 g/mol. The number of hydrogen-bond donors (Lipinski definition) is 0. The summed E-state index contributed by atoms with van der Waals surface area (Å²) in [5.74, 6) is 0. The maximum atomic E-state index is 2.43. The zero-order valence-corrected chi connectivity index (χ0v) is 22.8. The molecule has 1 aromatic heterocycles. The summed E-state index contributed by atoms with van der Waals surface area (Å²) >= 11 is 0. The Kier molecular flexibility index (Phi) is 8.59. The Bertz CT molecular complexity index is 1220. The molecule has 172 valence electrons. The van der Waals surface area contributed by atoms with Crippen LogP contribution in [0.5, 0.6) is 0 Å². The number of unbranched alkanes of at least 4 members (excludes halogenated alkanes) is 1. The minimum atomic E-state index is -0.877. The highest BCUT2D eigenvalue weighted by atomic mass is 127. The van der Waals surface area contributed by atoms with Crippen molar-refractivity contribution in [3.05, 3.63) is 127 Å². The molecule has 1 aliphatic rings. The van der Waals surface area contributed by atoms with E-state index < -0.39 is 7.92 Å². The van der Waals surface area contributed by atoms with Crippen molar-refractivity contribution >= 4 is 34.7 Å². The summed E-state index contributed by atoms with van der Waals surface area (Å²) in [5.41, 5.74) is 4.54. The van der Waals surface area contributed by atoms with Crippen molar-refractivity contribution < 1.29 is 24.0 Å². The second-order valence-electron chi connectivity index (χ2n) is 8.65. The van der Waals surface area contributed by atoms with E-state index >= 15 is 0 Å². The molecule has 0 N–H and O–H groups in total. The van der Waals surface area contributed by atoms with Crippen LogP contribution in [0.15, 0.2) is 115 Å². The first-order chi connectivity index (χ1) is 16.3. The number of nitrogens with zero attached hydrogens (tertiary/aromatic N) is 1. The standard InChI is InChI=1S/C18H15P.C13H15N.HI/c1-4-10-16(11-5-1)19(17-12-6-2-7-13-17)18-14-8-3-9-15-18;1-2-3-5-10-6-4-7-11-8-12-9-14(12)13(10)11;/h1-15H;4,6-8H,2-3,5,9H2,1H3;1H. The zero-order valence-electron chi connectivity index (χ0n) is 19.6. The molecule has 6 rings (SSSR count). The minimum absolute atomic E-state index is 0. The van der Waals surface area contributed by atoms with Gasteiger partial charge in [-0.15, -0.1) is 0 Å². The topological polar surface area (TPSA) is 4.93 Å². The Morgan fingerprint density at radius 2 is 1.21 bits per heavy atom. The normalized spacial score (nSPS) is 11.4. The molecule has 0 aliphatic carbocycles. The van der Waals surface area contributed by atoms with E-state index in [2.05, 4.69) is 127 Å². The van der Waals surface area contributed by atoms with Crippen LogP contribution in [0.4, 0.5) is 0 Å². The number of halogens is 1. The molecule has 0 atom stereocenters. The largest absolute Gasteiger partial charge is 1.00 e. The first kappa shape index (κ1) is 24.7. The summed E-state index contributed by atoms with van der Waals surface area (Å²) in [7, 11) is -0.877. The van der Waals surface area contributed by atoms with E-state index in [1.807, 2.05) is 0 Å². The van der Waals surface area contributed by atoms with Gasteiger partial charge in [-0.2, -0.15) is 0 Å². The Labute approximate surface area is 221 Å². The third-order valence-corrected chi connectivity index (χ3v) is 9.03. The summed E-state index contributed by atoms with van der Waals surface area (Å²) in [6.45, 7) is 3.43. The molecule has 34 heavy (non-hydrogen) atoms. The molecule has 1 nitrogen and oxygen atoms in total. The Hall–Kier alpha value is -2.42. The van der Waals surface area contributed by atoms with E-state index in [-0.39, 0.29) is 24.0 Å². The van der Waals surface area contributed by atoms with E-state index in [4.69, 9.17) is 0 Å². The van der Waals surface area contributed by atoms with Crippen LogP contribution in [-0.2, 0) is 13.0 Å². The van der Waals surface area contributed by atoms with E-state index in [1.165, 1.54) is 63.9 Å². The first-order valence-corrected chi connectivity index (χ1v) is 13.5. The second kappa shape index (κ2) is 11.8. The zero-order chi connectivity index (χ0) is 22.5. The molecule has 0 bridgehead atoms. The molecule has 0 fully saturated rings. The van der Waals surface area contributed by atoms with E-state index in [9.17, 15) is 0 Å². The van der Waals surface area contributed by atoms with Gasteiger partial charge in [0.15, 0.2) is 0 Å². The molecule has 0 radical (unpaired) electrons. The fourth-order valence-corrected chi connectivity index (χ4v) is 7.17. The summed E-state index contributed by atoms with van der Waals surface area (Å²) in [6, 6.07) is 41.5. The minimum Gasteiger partial charge on any atom is -1.00 e. The molecule has 2 heterocycles. The fraction of sp³-hybridized carbons (Fsp3) is 0.161. The Morgan fingerprint density at radius 3 is 1.71 bits per heavy atom. The van der Waals surface area contributed by atoms with Gasteiger partial charge in [-0.25, -0.2) is 0 Å². The third-order valence-electron chi connectivity index (χ3n) is 6.29. The molecular formula is C31H31INP. The predicted octanol–water partition coefficient (Wildman–Crippen LogP) is 3.53. The summed E-state index contributed by atoms with van der Waals surface area (Å²) in [5, 5.41) is 5.74. The molecule has 3 heteroatoms. The van der Waals surface area contributed by atoms with Crippen LogP contribution in [-0.4, -0.2) is 4.57 Å². The Balaban J connectivity index is 0.000000163. The number of rotatable bonds is 6. The first-order valence-electron chi connectivity index (χ1n) is 12.0. The summed E-state index contributed by atoms with van der Waals surface area (Å²) in [6.07, 6.45) is 3.82. The molecule has 0 saturated carbocycles. The number of aromatic nitrogens is 1. The van der Waals surface area contributed by atoms with Gasteiger partial charge in [0.1, 0.15) is 15.9 Å². The van der Waals surface area contributed by atoms with Crippen molar-refractivity contribution in [3.63, 3.8) is 0 Å². The van der Waals surface area contributed by atoms with E-state index in [0.29, 0.717) is 0 Å².